The molecule has 0 aliphatic rings. The van der Waals surface area contributed by atoms with Crippen LogP contribution >= 0.6 is 0 Å². The van der Waals surface area contributed by atoms with Gasteiger partial charge in [0, 0.05) is 13.7 Å². The zero-order chi connectivity index (χ0) is 14.2. The summed E-state index contributed by atoms with van der Waals surface area (Å²) < 4.78 is 5.25. The van der Waals surface area contributed by atoms with E-state index in [9.17, 15) is 5.11 Å². The molecule has 0 amide bonds. The molecule has 0 aliphatic heterocycles. The predicted molar refractivity (Wildman–Crippen MR) is 80.5 cm³/mol. The summed E-state index contributed by atoms with van der Waals surface area (Å²) in [5.41, 5.74) is 2.08. The second-order valence-corrected chi connectivity index (χ2v) is 4.75. The van der Waals surface area contributed by atoms with Crippen LogP contribution in [0, 0.1) is 0 Å². The van der Waals surface area contributed by atoms with Crippen molar-refractivity contribution in [3.8, 4) is 0 Å². The Balaban J connectivity index is 1.96. The van der Waals surface area contributed by atoms with Crippen molar-refractivity contribution in [2.24, 2.45) is 0 Å². The third kappa shape index (κ3) is 4.17. The van der Waals surface area contributed by atoms with Gasteiger partial charge in [-0.2, -0.15) is 0 Å². The van der Waals surface area contributed by atoms with Crippen LogP contribution < -0.4 is 5.32 Å². The van der Waals surface area contributed by atoms with E-state index in [1.807, 2.05) is 48.5 Å². The number of hydrogen-bond acceptors (Lipinski definition) is 3. The first-order valence-corrected chi connectivity index (χ1v) is 6.81. The number of nitrogens with one attached hydrogen (secondary N) is 1. The molecule has 0 spiro atoms. The lowest BCUT2D eigenvalue weighted by molar-refractivity contribution is 0.139. The fourth-order valence-corrected chi connectivity index (χ4v) is 2.17. The van der Waals surface area contributed by atoms with Gasteiger partial charge in [-0.3, -0.25) is 0 Å². The van der Waals surface area contributed by atoms with E-state index in [2.05, 4.69) is 17.4 Å². The van der Waals surface area contributed by atoms with Crippen LogP contribution in [0.4, 0.5) is 0 Å². The molecule has 0 aliphatic carbocycles. The minimum atomic E-state index is -0.515. The highest BCUT2D eigenvalue weighted by Gasteiger charge is 2.13. The van der Waals surface area contributed by atoms with Crippen molar-refractivity contribution in [3.63, 3.8) is 0 Å². The predicted octanol–water partition coefficient (Wildman–Crippen LogP) is 2.70. The van der Waals surface area contributed by atoms with E-state index in [1.54, 1.807) is 7.11 Å². The zero-order valence-corrected chi connectivity index (χ0v) is 11.7. The summed E-state index contributed by atoms with van der Waals surface area (Å²) in [6.45, 7) is 1.07. The quantitative estimate of drug-likeness (QED) is 0.813. The van der Waals surface area contributed by atoms with Gasteiger partial charge in [0.1, 0.15) is 0 Å². The molecule has 3 heteroatoms. The van der Waals surface area contributed by atoms with Crippen LogP contribution in [-0.4, -0.2) is 25.4 Å². The maximum Gasteiger partial charge on any atom is 0.0914 e. The monoisotopic (exact) mass is 271 g/mol. The average Bonchev–Trinajstić information content (AvgIpc) is 2.53. The average molecular weight is 271 g/mol. The zero-order valence-electron chi connectivity index (χ0n) is 11.7. The Hall–Kier alpha value is -1.68. The minimum Gasteiger partial charge on any atom is -0.387 e. The van der Waals surface area contributed by atoms with Crippen molar-refractivity contribution in [1.82, 2.24) is 5.32 Å². The van der Waals surface area contributed by atoms with E-state index in [0.717, 1.165) is 11.1 Å². The first kappa shape index (κ1) is 14.7. The summed E-state index contributed by atoms with van der Waals surface area (Å²) in [5.74, 6) is 0. The number of methoxy groups -OCH3 is 1. The van der Waals surface area contributed by atoms with E-state index in [4.69, 9.17) is 4.74 Å². The topological polar surface area (TPSA) is 41.5 Å². The maximum absolute atomic E-state index is 10.2. The van der Waals surface area contributed by atoms with E-state index in [-0.39, 0.29) is 6.04 Å². The lowest BCUT2D eigenvalue weighted by Crippen LogP contribution is -2.29. The number of hydrogen-bond donors (Lipinski definition) is 2. The largest absolute Gasteiger partial charge is 0.387 e. The molecule has 3 nitrogen and oxygen atoms in total. The molecule has 2 atom stereocenters. The second kappa shape index (κ2) is 7.80. The summed E-state index contributed by atoms with van der Waals surface area (Å²) >= 11 is 0. The molecular formula is C17H21NO2. The molecule has 20 heavy (non-hydrogen) atoms. The third-order valence-corrected chi connectivity index (χ3v) is 3.28. The lowest BCUT2D eigenvalue weighted by Gasteiger charge is -2.20. The molecule has 2 rings (SSSR count). The minimum absolute atomic E-state index is 0.0829. The first-order valence-electron chi connectivity index (χ1n) is 6.81. The van der Waals surface area contributed by atoms with Gasteiger partial charge in [-0.05, 0) is 11.1 Å². The number of aliphatic hydroxyl groups excluding tert-OH is 1. The fraction of sp³-hybridized carbons (Fsp3) is 0.294. The fourth-order valence-electron chi connectivity index (χ4n) is 2.17. The van der Waals surface area contributed by atoms with Gasteiger partial charge < -0.3 is 15.2 Å². The summed E-state index contributed by atoms with van der Waals surface area (Å²) in [6, 6.07) is 19.9. The molecular weight excluding hydrogens is 250 g/mol. The lowest BCUT2D eigenvalue weighted by atomic mass is 10.1. The number of aliphatic hydroxyl groups is 1. The first-order chi connectivity index (χ1) is 9.81. The van der Waals surface area contributed by atoms with E-state index >= 15 is 0 Å². The van der Waals surface area contributed by atoms with Crippen molar-refractivity contribution in [2.45, 2.75) is 12.1 Å². The standard InChI is InChI=1S/C17H21NO2/c1-20-13-16(14-8-4-2-5-9-14)18-12-17(19)15-10-6-3-7-11-15/h2-11,16-19H,12-13H2,1H3. The highest BCUT2D eigenvalue weighted by atomic mass is 16.5. The van der Waals surface area contributed by atoms with Gasteiger partial charge in [0.2, 0.25) is 0 Å². The number of benzene rings is 2. The Bertz CT molecular complexity index is 487. The van der Waals surface area contributed by atoms with Gasteiger partial charge in [0.05, 0.1) is 18.8 Å². The van der Waals surface area contributed by atoms with Gasteiger partial charge in [-0.15, -0.1) is 0 Å². The number of ether oxygens (including phenoxy) is 1. The maximum atomic E-state index is 10.2. The molecule has 0 bridgehead atoms. The van der Waals surface area contributed by atoms with Gasteiger partial charge in [0.25, 0.3) is 0 Å². The SMILES string of the molecule is COCC(NCC(O)c1ccccc1)c1ccccc1. The van der Waals surface area contributed by atoms with Crippen molar-refractivity contribution >= 4 is 0 Å². The Morgan fingerprint density at radius 3 is 2.05 bits per heavy atom. The van der Waals surface area contributed by atoms with Crippen LogP contribution in [0.25, 0.3) is 0 Å². The highest BCUT2D eigenvalue weighted by molar-refractivity contribution is 5.20. The van der Waals surface area contributed by atoms with E-state index < -0.39 is 6.10 Å². The van der Waals surface area contributed by atoms with Gasteiger partial charge >= 0.3 is 0 Å². The van der Waals surface area contributed by atoms with E-state index in [1.165, 1.54) is 0 Å². The summed E-state index contributed by atoms with van der Waals surface area (Å²) in [7, 11) is 1.69. The Morgan fingerprint density at radius 2 is 1.50 bits per heavy atom. The second-order valence-electron chi connectivity index (χ2n) is 4.75. The molecule has 0 heterocycles. The Labute approximate surface area is 120 Å². The van der Waals surface area contributed by atoms with Crippen LogP contribution in [-0.2, 0) is 4.74 Å². The van der Waals surface area contributed by atoms with Crippen LogP contribution in [0.5, 0.6) is 0 Å². The Kier molecular flexibility index (Phi) is 5.74. The number of rotatable bonds is 7. The van der Waals surface area contributed by atoms with Crippen molar-refractivity contribution < 1.29 is 9.84 Å². The molecule has 106 valence electrons. The smallest absolute Gasteiger partial charge is 0.0914 e. The summed E-state index contributed by atoms with van der Waals surface area (Å²) in [4.78, 5) is 0. The molecule has 2 unspecified atom stereocenters. The third-order valence-electron chi connectivity index (χ3n) is 3.28. The van der Waals surface area contributed by atoms with Crippen LogP contribution in [0.1, 0.15) is 23.3 Å². The van der Waals surface area contributed by atoms with Crippen molar-refractivity contribution in [2.75, 3.05) is 20.3 Å². The van der Waals surface area contributed by atoms with Crippen molar-refractivity contribution in [1.29, 1.82) is 0 Å². The molecule has 2 aromatic rings. The van der Waals surface area contributed by atoms with Gasteiger partial charge in [-0.25, -0.2) is 0 Å². The molecule has 0 fully saturated rings. The molecule has 0 saturated carbocycles. The molecule has 0 saturated heterocycles. The van der Waals surface area contributed by atoms with Gasteiger partial charge in [0.15, 0.2) is 0 Å². The molecule has 2 N–H and O–H groups in total. The molecule has 0 aromatic heterocycles. The van der Waals surface area contributed by atoms with E-state index in [0.29, 0.717) is 13.2 Å². The normalized spacial score (nSPS) is 13.9. The molecule has 0 radical (unpaired) electrons. The van der Waals surface area contributed by atoms with Crippen LogP contribution in [0.2, 0.25) is 0 Å². The molecule has 2 aromatic carbocycles. The van der Waals surface area contributed by atoms with Gasteiger partial charge in [-0.1, -0.05) is 60.7 Å². The summed E-state index contributed by atoms with van der Waals surface area (Å²) in [6.07, 6.45) is -0.515. The van der Waals surface area contributed by atoms with Crippen molar-refractivity contribution in [3.05, 3.63) is 71.8 Å². The Morgan fingerprint density at radius 1 is 0.950 bits per heavy atom. The highest BCUT2D eigenvalue weighted by Crippen LogP contribution is 2.16. The van der Waals surface area contributed by atoms with Crippen LogP contribution in [0.3, 0.4) is 0 Å². The summed E-state index contributed by atoms with van der Waals surface area (Å²) in [5, 5.41) is 13.5. The van der Waals surface area contributed by atoms with Crippen LogP contribution in [0.15, 0.2) is 60.7 Å².